The van der Waals surface area contributed by atoms with Gasteiger partial charge >= 0.3 is 0 Å². The van der Waals surface area contributed by atoms with Gasteiger partial charge < -0.3 is 20.3 Å². The van der Waals surface area contributed by atoms with Gasteiger partial charge in [-0.2, -0.15) is 0 Å². The Morgan fingerprint density at radius 1 is 1.13 bits per heavy atom. The molecule has 6 heteroatoms. The molecule has 2 fully saturated rings. The second-order valence-electron chi connectivity index (χ2n) is 8.67. The highest BCUT2D eigenvalue weighted by Gasteiger charge is 2.33. The van der Waals surface area contributed by atoms with Crippen LogP contribution >= 0.6 is 0 Å². The van der Waals surface area contributed by atoms with E-state index in [2.05, 4.69) is 29.7 Å². The second-order valence-corrected chi connectivity index (χ2v) is 8.67. The molecule has 1 amide bonds. The monoisotopic (exact) mass is 414 g/mol. The predicted octanol–water partition coefficient (Wildman–Crippen LogP) is 3.86. The van der Waals surface area contributed by atoms with Crippen molar-refractivity contribution in [3.05, 3.63) is 29.8 Å². The van der Waals surface area contributed by atoms with Gasteiger partial charge in [0.1, 0.15) is 0 Å². The van der Waals surface area contributed by atoms with Crippen LogP contribution in [0, 0.1) is 5.41 Å². The lowest BCUT2D eigenvalue weighted by atomic mass is 9.83. The molecule has 30 heavy (non-hydrogen) atoms. The normalized spacial score (nSPS) is 19.2. The number of methoxy groups -OCH3 is 1. The lowest BCUT2D eigenvalue weighted by Gasteiger charge is -2.30. The second kappa shape index (κ2) is 11.3. The van der Waals surface area contributed by atoms with E-state index in [4.69, 9.17) is 9.73 Å². The Balaban J connectivity index is 1.58. The topological polar surface area (TPSA) is 66.0 Å². The number of benzene rings is 1. The van der Waals surface area contributed by atoms with Crippen LogP contribution in [0.15, 0.2) is 29.3 Å². The zero-order valence-electron chi connectivity index (χ0n) is 18.7. The summed E-state index contributed by atoms with van der Waals surface area (Å²) in [5.41, 5.74) is 2.48. The first-order valence-corrected chi connectivity index (χ1v) is 11.6. The molecule has 166 valence electrons. The molecule has 1 saturated carbocycles. The standard InChI is InChI=1S/C24H38N4O2/c1-3-25-23(27-19-24(15-17-30-2)13-5-6-14-24)26-18-20-9-11-21(12-10-20)28-16-7-4-8-22(28)29/h9-12H,3-8,13-19H2,1-2H3,(H2,25,26,27). The molecule has 1 aliphatic heterocycles. The van der Waals surface area contributed by atoms with Gasteiger partial charge in [-0.25, -0.2) is 4.99 Å². The van der Waals surface area contributed by atoms with Gasteiger partial charge in [-0.15, -0.1) is 0 Å². The van der Waals surface area contributed by atoms with Crippen molar-refractivity contribution >= 4 is 17.6 Å². The number of carbonyl (C=O) groups is 1. The third-order valence-electron chi connectivity index (χ3n) is 6.47. The summed E-state index contributed by atoms with van der Waals surface area (Å²) in [5.74, 6) is 1.11. The molecule has 1 aromatic carbocycles. The van der Waals surface area contributed by atoms with Crippen molar-refractivity contribution in [3.8, 4) is 0 Å². The zero-order valence-corrected chi connectivity index (χ0v) is 18.7. The van der Waals surface area contributed by atoms with Crippen molar-refractivity contribution in [2.45, 2.75) is 64.8 Å². The molecule has 0 atom stereocenters. The molecule has 1 heterocycles. The molecule has 1 aromatic rings. The predicted molar refractivity (Wildman–Crippen MR) is 123 cm³/mol. The number of carbonyl (C=O) groups excluding carboxylic acids is 1. The van der Waals surface area contributed by atoms with E-state index >= 15 is 0 Å². The Bertz CT molecular complexity index is 696. The van der Waals surface area contributed by atoms with Crippen molar-refractivity contribution in [3.63, 3.8) is 0 Å². The van der Waals surface area contributed by atoms with E-state index < -0.39 is 0 Å². The molecule has 1 aliphatic carbocycles. The maximum absolute atomic E-state index is 12.1. The lowest BCUT2D eigenvalue weighted by molar-refractivity contribution is -0.119. The summed E-state index contributed by atoms with van der Waals surface area (Å²) >= 11 is 0. The van der Waals surface area contributed by atoms with Gasteiger partial charge in [-0.05, 0) is 62.1 Å². The van der Waals surface area contributed by atoms with Crippen molar-refractivity contribution < 1.29 is 9.53 Å². The molecule has 2 N–H and O–H groups in total. The van der Waals surface area contributed by atoms with E-state index in [9.17, 15) is 4.79 Å². The first-order valence-electron chi connectivity index (χ1n) is 11.6. The minimum atomic E-state index is 0.236. The lowest BCUT2D eigenvalue weighted by Crippen LogP contribution is -2.43. The number of ether oxygens (including phenoxy) is 1. The van der Waals surface area contributed by atoms with Crippen LogP contribution in [-0.2, 0) is 16.1 Å². The van der Waals surface area contributed by atoms with Crippen molar-refractivity contribution in [2.24, 2.45) is 10.4 Å². The number of nitrogens with one attached hydrogen (secondary N) is 2. The molecular weight excluding hydrogens is 376 g/mol. The van der Waals surface area contributed by atoms with Gasteiger partial charge in [0.05, 0.1) is 6.54 Å². The van der Waals surface area contributed by atoms with Gasteiger partial charge in [0.15, 0.2) is 5.96 Å². The molecule has 0 unspecified atom stereocenters. The fourth-order valence-corrected chi connectivity index (χ4v) is 4.60. The van der Waals surface area contributed by atoms with E-state index in [1.807, 2.05) is 17.0 Å². The number of piperidine rings is 1. The van der Waals surface area contributed by atoms with Crippen LogP contribution in [0.25, 0.3) is 0 Å². The fraction of sp³-hybridized carbons (Fsp3) is 0.667. The number of guanidine groups is 1. The largest absolute Gasteiger partial charge is 0.385 e. The Hall–Kier alpha value is -2.08. The quantitative estimate of drug-likeness (QED) is 0.476. The van der Waals surface area contributed by atoms with Crippen LogP contribution in [0.2, 0.25) is 0 Å². The van der Waals surface area contributed by atoms with E-state index in [0.717, 1.165) is 62.7 Å². The average Bonchev–Trinajstić information content (AvgIpc) is 3.24. The van der Waals surface area contributed by atoms with Crippen LogP contribution < -0.4 is 15.5 Å². The fourth-order valence-electron chi connectivity index (χ4n) is 4.60. The van der Waals surface area contributed by atoms with Gasteiger partial charge in [-0.1, -0.05) is 25.0 Å². The number of hydrogen-bond donors (Lipinski definition) is 2. The molecule has 2 aliphatic rings. The summed E-state index contributed by atoms with van der Waals surface area (Å²) < 4.78 is 5.35. The third kappa shape index (κ3) is 6.21. The van der Waals surface area contributed by atoms with Crippen LogP contribution in [0.5, 0.6) is 0 Å². The minimum absolute atomic E-state index is 0.236. The molecular formula is C24H38N4O2. The third-order valence-corrected chi connectivity index (χ3v) is 6.47. The van der Waals surface area contributed by atoms with Crippen molar-refractivity contribution in [1.29, 1.82) is 0 Å². The summed E-state index contributed by atoms with van der Waals surface area (Å²) in [7, 11) is 1.79. The number of nitrogens with zero attached hydrogens (tertiary/aromatic N) is 2. The summed E-state index contributed by atoms with van der Waals surface area (Å²) in [6.07, 6.45) is 9.01. The molecule has 0 bridgehead atoms. The van der Waals surface area contributed by atoms with E-state index in [-0.39, 0.29) is 5.91 Å². The highest BCUT2D eigenvalue weighted by molar-refractivity contribution is 5.93. The molecule has 1 saturated heterocycles. The Labute approximate surface area is 181 Å². The van der Waals surface area contributed by atoms with E-state index in [0.29, 0.717) is 18.4 Å². The smallest absolute Gasteiger partial charge is 0.226 e. The molecule has 6 nitrogen and oxygen atoms in total. The highest BCUT2D eigenvalue weighted by atomic mass is 16.5. The van der Waals surface area contributed by atoms with Crippen molar-refractivity contribution in [2.75, 3.05) is 38.3 Å². The molecule has 0 spiro atoms. The highest BCUT2D eigenvalue weighted by Crippen LogP contribution is 2.40. The number of aliphatic imine (C=N–C) groups is 1. The first-order chi connectivity index (χ1) is 14.7. The summed E-state index contributed by atoms with van der Waals surface area (Å²) in [6, 6.07) is 8.27. The minimum Gasteiger partial charge on any atom is -0.385 e. The summed E-state index contributed by atoms with van der Waals surface area (Å²) in [4.78, 5) is 18.8. The Kier molecular flexibility index (Phi) is 8.55. The Morgan fingerprint density at radius 3 is 2.57 bits per heavy atom. The number of amides is 1. The molecule has 0 aromatic heterocycles. The van der Waals surface area contributed by atoms with Crippen LogP contribution in [0.4, 0.5) is 5.69 Å². The van der Waals surface area contributed by atoms with Crippen LogP contribution in [0.3, 0.4) is 0 Å². The van der Waals surface area contributed by atoms with Gasteiger partial charge in [0, 0.05) is 45.5 Å². The maximum Gasteiger partial charge on any atom is 0.226 e. The number of hydrogen-bond acceptors (Lipinski definition) is 3. The summed E-state index contributed by atoms with van der Waals surface area (Å²) in [6.45, 7) is 6.15. The number of anilines is 1. The van der Waals surface area contributed by atoms with E-state index in [1.54, 1.807) is 7.11 Å². The van der Waals surface area contributed by atoms with Gasteiger partial charge in [0.25, 0.3) is 0 Å². The average molecular weight is 415 g/mol. The molecule has 0 radical (unpaired) electrons. The zero-order chi connectivity index (χ0) is 21.2. The maximum atomic E-state index is 12.1. The first kappa shape index (κ1) is 22.6. The molecule has 3 rings (SSSR count). The van der Waals surface area contributed by atoms with Crippen LogP contribution in [0.1, 0.15) is 63.9 Å². The SMILES string of the molecule is CCNC(=NCc1ccc(N2CCCCC2=O)cc1)NCC1(CCOC)CCCC1. The Morgan fingerprint density at radius 2 is 1.90 bits per heavy atom. The van der Waals surface area contributed by atoms with Gasteiger partial charge in [-0.3, -0.25) is 4.79 Å². The van der Waals surface area contributed by atoms with Crippen molar-refractivity contribution in [1.82, 2.24) is 10.6 Å². The number of rotatable bonds is 9. The van der Waals surface area contributed by atoms with E-state index in [1.165, 1.54) is 25.7 Å². The summed E-state index contributed by atoms with van der Waals surface area (Å²) in [5, 5.41) is 6.96. The van der Waals surface area contributed by atoms with Gasteiger partial charge in [0.2, 0.25) is 5.91 Å². The van der Waals surface area contributed by atoms with Crippen LogP contribution in [-0.4, -0.2) is 45.2 Å².